The molecule has 2 saturated heterocycles. The molecular weight excluding hydrogens is 424 g/mol. The van der Waals surface area contributed by atoms with E-state index in [1.165, 1.54) is 11.8 Å². The molecule has 5 rings (SSSR count). The van der Waals surface area contributed by atoms with Crippen LogP contribution in [0.4, 0.5) is 11.6 Å². The molecule has 3 fully saturated rings. The molecule has 1 aromatic heterocycles. The van der Waals surface area contributed by atoms with Crippen molar-refractivity contribution in [3.8, 4) is 0 Å². The Morgan fingerprint density at radius 3 is 2.19 bits per heavy atom. The van der Waals surface area contributed by atoms with Crippen LogP contribution in [0, 0.1) is 17.8 Å². The first kappa shape index (κ1) is 21.6. The van der Waals surface area contributed by atoms with Crippen molar-refractivity contribution in [3.63, 3.8) is 0 Å². The lowest BCUT2D eigenvalue weighted by Crippen LogP contribution is -2.37. The van der Waals surface area contributed by atoms with Crippen molar-refractivity contribution in [2.45, 2.75) is 37.2 Å². The molecule has 0 radical (unpaired) electrons. The molecule has 2 aliphatic heterocycles. The highest BCUT2D eigenvalue weighted by Gasteiger charge is 2.56. The van der Waals surface area contributed by atoms with Crippen molar-refractivity contribution in [2.24, 2.45) is 17.8 Å². The quantitative estimate of drug-likeness (QED) is 0.634. The molecule has 1 aliphatic carbocycles. The Hall–Kier alpha value is -2.19. The standard InChI is InChI=1S/C24H32N4O3S/c1-3-17-12-25-24(26-13-17)28-14-21-22(15-28)23(21)16-31-19-8-10-27(11-9-19)18-4-6-20(7-5-18)32(2,29)30/h4-7,12-13,19,21-23H,3,8-11,14-16H2,1-2H3. The summed E-state index contributed by atoms with van der Waals surface area (Å²) < 4.78 is 29.6. The Morgan fingerprint density at radius 2 is 1.62 bits per heavy atom. The predicted molar refractivity (Wildman–Crippen MR) is 125 cm³/mol. The maximum absolute atomic E-state index is 11.6. The van der Waals surface area contributed by atoms with E-state index in [-0.39, 0.29) is 0 Å². The van der Waals surface area contributed by atoms with Gasteiger partial charge in [-0.25, -0.2) is 18.4 Å². The van der Waals surface area contributed by atoms with Gasteiger partial charge in [-0.05, 0) is 66.8 Å². The van der Waals surface area contributed by atoms with E-state index in [0.717, 1.165) is 75.5 Å². The number of aryl methyl sites for hydroxylation is 1. The third kappa shape index (κ3) is 4.48. The SMILES string of the molecule is CCc1cnc(N2CC3C(COC4CCN(c5ccc(S(C)(=O)=O)cc5)CC4)C3C2)nc1. The predicted octanol–water partition coefficient (Wildman–Crippen LogP) is 2.81. The van der Waals surface area contributed by atoms with Gasteiger partial charge < -0.3 is 14.5 Å². The van der Waals surface area contributed by atoms with Crippen LogP contribution in [0.25, 0.3) is 0 Å². The number of anilines is 2. The number of piperidine rings is 2. The maximum atomic E-state index is 11.6. The Kier molecular flexibility index (Phi) is 5.84. The van der Waals surface area contributed by atoms with Crippen LogP contribution in [0.5, 0.6) is 0 Å². The summed E-state index contributed by atoms with van der Waals surface area (Å²) in [5.74, 6) is 2.99. The van der Waals surface area contributed by atoms with Gasteiger partial charge >= 0.3 is 0 Å². The van der Waals surface area contributed by atoms with Gasteiger partial charge in [0.25, 0.3) is 0 Å². The topological polar surface area (TPSA) is 75.6 Å². The number of rotatable bonds is 7. The van der Waals surface area contributed by atoms with Crippen LogP contribution in [0.15, 0.2) is 41.6 Å². The highest BCUT2D eigenvalue weighted by molar-refractivity contribution is 7.90. The first-order valence-corrected chi connectivity index (χ1v) is 13.5. The van der Waals surface area contributed by atoms with Crippen LogP contribution in [-0.4, -0.2) is 63.5 Å². The fourth-order valence-corrected chi connectivity index (χ4v) is 5.82. The van der Waals surface area contributed by atoms with Crippen LogP contribution < -0.4 is 9.80 Å². The Morgan fingerprint density at radius 1 is 1.00 bits per heavy atom. The zero-order valence-corrected chi connectivity index (χ0v) is 19.7. The average molecular weight is 457 g/mol. The van der Waals surface area contributed by atoms with E-state index in [1.54, 1.807) is 12.1 Å². The lowest BCUT2D eigenvalue weighted by Gasteiger charge is -2.33. The largest absolute Gasteiger partial charge is 0.378 e. The number of nitrogens with zero attached hydrogens (tertiary/aromatic N) is 4. The minimum atomic E-state index is -3.15. The van der Waals surface area contributed by atoms with Crippen LogP contribution in [0.2, 0.25) is 0 Å². The van der Waals surface area contributed by atoms with Crippen molar-refractivity contribution in [1.29, 1.82) is 0 Å². The van der Waals surface area contributed by atoms with Gasteiger partial charge in [-0.2, -0.15) is 0 Å². The summed E-state index contributed by atoms with van der Waals surface area (Å²) in [5, 5.41) is 0. The molecule has 3 aliphatic rings. The third-order valence-electron chi connectivity index (χ3n) is 7.35. The molecule has 32 heavy (non-hydrogen) atoms. The zero-order valence-electron chi connectivity index (χ0n) is 18.9. The van der Waals surface area contributed by atoms with Crippen molar-refractivity contribution >= 4 is 21.5 Å². The van der Waals surface area contributed by atoms with Crippen molar-refractivity contribution in [3.05, 3.63) is 42.2 Å². The number of benzene rings is 1. The minimum Gasteiger partial charge on any atom is -0.378 e. The summed E-state index contributed by atoms with van der Waals surface area (Å²) in [4.78, 5) is 14.1. The molecule has 3 heterocycles. The summed E-state index contributed by atoms with van der Waals surface area (Å²) in [6, 6.07) is 7.22. The molecule has 7 nitrogen and oxygen atoms in total. The fraction of sp³-hybridized carbons (Fsp3) is 0.583. The van der Waals surface area contributed by atoms with E-state index >= 15 is 0 Å². The molecule has 2 atom stereocenters. The summed E-state index contributed by atoms with van der Waals surface area (Å²) in [5.41, 5.74) is 2.27. The number of aromatic nitrogens is 2. The average Bonchev–Trinajstić information content (AvgIpc) is 3.26. The molecule has 172 valence electrons. The Balaban J connectivity index is 1.04. The van der Waals surface area contributed by atoms with Gasteiger partial charge in [0.1, 0.15) is 0 Å². The third-order valence-corrected chi connectivity index (χ3v) is 8.48. The molecule has 0 spiro atoms. The second-order valence-electron chi connectivity index (χ2n) is 9.43. The van der Waals surface area contributed by atoms with Gasteiger partial charge in [-0.3, -0.25) is 0 Å². The van der Waals surface area contributed by atoms with Gasteiger partial charge in [0.2, 0.25) is 5.95 Å². The van der Waals surface area contributed by atoms with Crippen molar-refractivity contribution in [2.75, 3.05) is 48.8 Å². The smallest absolute Gasteiger partial charge is 0.225 e. The normalized spacial score (nSPS) is 25.8. The van der Waals surface area contributed by atoms with Gasteiger partial charge in [0.05, 0.1) is 17.6 Å². The number of sulfone groups is 1. The van der Waals surface area contributed by atoms with Gasteiger partial charge in [-0.1, -0.05) is 6.92 Å². The van der Waals surface area contributed by atoms with Crippen LogP contribution in [0.1, 0.15) is 25.3 Å². The van der Waals surface area contributed by atoms with Crippen molar-refractivity contribution in [1.82, 2.24) is 9.97 Å². The van der Waals surface area contributed by atoms with Crippen molar-refractivity contribution < 1.29 is 13.2 Å². The van der Waals surface area contributed by atoms with Gasteiger partial charge in [0.15, 0.2) is 9.84 Å². The van der Waals surface area contributed by atoms with E-state index in [2.05, 4.69) is 26.7 Å². The summed E-state index contributed by atoms with van der Waals surface area (Å²) >= 11 is 0. The lowest BCUT2D eigenvalue weighted by atomic mass is 10.1. The van der Waals surface area contributed by atoms with Crippen LogP contribution in [-0.2, 0) is 21.0 Å². The van der Waals surface area contributed by atoms with E-state index in [9.17, 15) is 8.42 Å². The molecule has 1 saturated carbocycles. The summed E-state index contributed by atoms with van der Waals surface area (Å²) in [6.45, 7) is 6.97. The molecule has 2 unspecified atom stereocenters. The molecule has 0 N–H and O–H groups in total. The Labute approximate surface area is 190 Å². The minimum absolute atomic E-state index is 0.323. The zero-order chi connectivity index (χ0) is 22.3. The molecule has 1 aromatic carbocycles. The number of fused-ring (bicyclic) bond motifs is 1. The van der Waals surface area contributed by atoms with E-state index in [1.807, 2.05) is 24.5 Å². The second-order valence-corrected chi connectivity index (χ2v) is 11.4. The second kappa shape index (κ2) is 8.63. The van der Waals surface area contributed by atoms with Crippen LogP contribution in [0.3, 0.4) is 0 Å². The molecule has 2 aromatic rings. The maximum Gasteiger partial charge on any atom is 0.225 e. The van der Waals surface area contributed by atoms with E-state index < -0.39 is 9.84 Å². The molecule has 0 amide bonds. The Bertz CT molecular complexity index is 1020. The summed E-state index contributed by atoms with van der Waals surface area (Å²) in [7, 11) is -3.15. The fourth-order valence-electron chi connectivity index (χ4n) is 5.19. The van der Waals surface area contributed by atoms with E-state index in [4.69, 9.17) is 4.74 Å². The van der Waals surface area contributed by atoms with Crippen LogP contribution >= 0.6 is 0 Å². The number of hydrogen-bond donors (Lipinski definition) is 0. The monoisotopic (exact) mass is 456 g/mol. The molecular formula is C24H32N4O3S. The molecule has 8 heteroatoms. The number of hydrogen-bond acceptors (Lipinski definition) is 7. The highest BCUT2D eigenvalue weighted by Crippen LogP contribution is 2.52. The first-order chi connectivity index (χ1) is 15.4. The first-order valence-electron chi connectivity index (χ1n) is 11.6. The van der Waals surface area contributed by atoms with E-state index in [0.29, 0.717) is 16.9 Å². The summed E-state index contributed by atoms with van der Waals surface area (Å²) in [6.07, 6.45) is 8.45. The lowest BCUT2D eigenvalue weighted by molar-refractivity contribution is 0.0263. The molecule has 0 bridgehead atoms. The highest BCUT2D eigenvalue weighted by atomic mass is 32.2. The van der Waals surface area contributed by atoms with Gasteiger partial charge in [0, 0.05) is 50.5 Å². The number of ether oxygens (including phenoxy) is 1. The van der Waals surface area contributed by atoms with Gasteiger partial charge in [-0.15, -0.1) is 0 Å².